The van der Waals surface area contributed by atoms with Gasteiger partial charge in [-0.05, 0) is 25.0 Å². The van der Waals surface area contributed by atoms with Crippen LogP contribution < -0.4 is 10.0 Å². The second kappa shape index (κ2) is 5.87. The quantitative estimate of drug-likeness (QED) is 0.811. The SMILES string of the molecule is O=S(=O)(Nc1ccccc1)c1cnn(CCNC2CC2)c1. The van der Waals surface area contributed by atoms with Gasteiger partial charge >= 0.3 is 0 Å². The van der Waals surface area contributed by atoms with Gasteiger partial charge in [0, 0.05) is 24.5 Å². The Morgan fingerprint density at radius 1 is 1.24 bits per heavy atom. The van der Waals surface area contributed by atoms with Crippen molar-refractivity contribution in [3.05, 3.63) is 42.7 Å². The molecule has 1 saturated carbocycles. The number of nitrogens with one attached hydrogen (secondary N) is 2. The van der Waals surface area contributed by atoms with E-state index in [1.54, 1.807) is 35.1 Å². The summed E-state index contributed by atoms with van der Waals surface area (Å²) in [5.41, 5.74) is 0.542. The number of rotatable bonds is 7. The predicted octanol–water partition coefficient (Wildman–Crippen LogP) is 1.44. The number of hydrogen-bond donors (Lipinski definition) is 2. The number of sulfonamides is 1. The van der Waals surface area contributed by atoms with Gasteiger partial charge in [0.2, 0.25) is 0 Å². The van der Waals surface area contributed by atoms with Crippen LogP contribution in [0.25, 0.3) is 0 Å². The highest BCUT2D eigenvalue weighted by Gasteiger charge is 2.20. The molecular weight excluding hydrogens is 288 g/mol. The zero-order valence-electron chi connectivity index (χ0n) is 11.6. The zero-order valence-corrected chi connectivity index (χ0v) is 12.4. The standard InChI is InChI=1S/C14H18N4O2S/c19-21(20,17-13-4-2-1-3-5-13)14-10-16-18(11-14)9-8-15-12-6-7-12/h1-5,10-12,15,17H,6-9H2. The van der Waals surface area contributed by atoms with Gasteiger partial charge in [-0.25, -0.2) is 8.42 Å². The van der Waals surface area contributed by atoms with E-state index in [-0.39, 0.29) is 4.90 Å². The Hall–Kier alpha value is -1.86. The smallest absolute Gasteiger partial charge is 0.265 e. The van der Waals surface area contributed by atoms with Crippen molar-refractivity contribution in [1.29, 1.82) is 0 Å². The highest BCUT2D eigenvalue weighted by atomic mass is 32.2. The van der Waals surface area contributed by atoms with Crippen LogP contribution >= 0.6 is 0 Å². The molecule has 2 N–H and O–H groups in total. The Balaban J connectivity index is 1.63. The van der Waals surface area contributed by atoms with Gasteiger partial charge in [0.25, 0.3) is 10.0 Å². The van der Waals surface area contributed by atoms with Crippen LogP contribution in [0.5, 0.6) is 0 Å². The van der Waals surface area contributed by atoms with E-state index < -0.39 is 10.0 Å². The fourth-order valence-corrected chi connectivity index (χ4v) is 3.01. The van der Waals surface area contributed by atoms with Crippen molar-refractivity contribution < 1.29 is 8.42 Å². The molecule has 0 aliphatic heterocycles. The summed E-state index contributed by atoms with van der Waals surface area (Å²) in [5.74, 6) is 0. The Bertz CT molecular complexity index is 693. The summed E-state index contributed by atoms with van der Waals surface area (Å²) < 4.78 is 28.6. The van der Waals surface area contributed by atoms with Crippen LogP contribution in [0.15, 0.2) is 47.6 Å². The molecule has 1 aliphatic rings. The number of benzene rings is 1. The number of nitrogens with zero attached hydrogens (tertiary/aromatic N) is 2. The molecule has 1 fully saturated rings. The van der Waals surface area contributed by atoms with Gasteiger partial charge in [0.1, 0.15) is 4.90 Å². The van der Waals surface area contributed by atoms with E-state index >= 15 is 0 Å². The minimum atomic E-state index is -3.58. The van der Waals surface area contributed by atoms with Gasteiger partial charge in [-0.1, -0.05) is 18.2 Å². The summed E-state index contributed by atoms with van der Waals surface area (Å²) >= 11 is 0. The largest absolute Gasteiger partial charge is 0.312 e. The minimum absolute atomic E-state index is 0.178. The van der Waals surface area contributed by atoms with Gasteiger partial charge in [-0.3, -0.25) is 9.40 Å². The van der Waals surface area contributed by atoms with Crippen LogP contribution in [0.1, 0.15) is 12.8 Å². The first-order valence-corrected chi connectivity index (χ1v) is 8.45. The molecule has 6 nitrogen and oxygen atoms in total. The summed E-state index contributed by atoms with van der Waals surface area (Å²) in [6.07, 6.45) is 5.40. The molecule has 0 spiro atoms. The third-order valence-electron chi connectivity index (χ3n) is 3.30. The van der Waals surface area contributed by atoms with E-state index in [1.807, 2.05) is 6.07 Å². The number of para-hydroxylation sites is 1. The predicted molar refractivity (Wildman–Crippen MR) is 80.5 cm³/mol. The number of aromatic nitrogens is 2. The maximum Gasteiger partial charge on any atom is 0.265 e. The highest BCUT2D eigenvalue weighted by Crippen LogP contribution is 2.18. The number of hydrogen-bond acceptors (Lipinski definition) is 4. The Labute approximate surface area is 124 Å². The molecule has 1 aromatic carbocycles. The first kappa shape index (κ1) is 14.1. The fourth-order valence-electron chi connectivity index (χ4n) is 2.00. The highest BCUT2D eigenvalue weighted by molar-refractivity contribution is 7.92. The lowest BCUT2D eigenvalue weighted by atomic mass is 10.3. The molecule has 0 radical (unpaired) electrons. The Morgan fingerprint density at radius 2 is 2.00 bits per heavy atom. The third kappa shape index (κ3) is 3.83. The lowest BCUT2D eigenvalue weighted by molar-refractivity contribution is 0.552. The van der Waals surface area contributed by atoms with E-state index in [0.717, 1.165) is 6.54 Å². The van der Waals surface area contributed by atoms with E-state index in [2.05, 4.69) is 15.1 Å². The van der Waals surface area contributed by atoms with Crippen molar-refractivity contribution in [2.75, 3.05) is 11.3 Å². The average molecular weight is 306 g/mol. The lowest BCUT2D eigenvalue weighted by Gasteiger charge is -2.05. The van der Waals surface area contributed by atoms with Crippen molar-refractivity contribution in [2.24, 2.45) is 0 Å². The van der Waals surface area contributed by atoms with Gasteiger partial charge in [0.15, 0.2) is 0 Å². The molecule has 0 saturated heterocycles. The maximum atomic E-state index is 12.2. The summed E-state index contributed by atoms with van der Waals surface area (Å²) in [6, 6.07) is 9.46. The molecule has 7 heteroatoms. The molecule has 3 rings (SSSR count). The van der Waals surface area contributed by atoms with Gasteiger partial charge < -0.3 is 5.32 Å². The van der Waals surface area contributed by atoms with Crippen LogP contribution in [-0.2, 0) is 16.6 Å². The molecule has 112 valence electrons. The summed E-state index contributed by atoms with van der Waals surface area (Å²) in [6.45, 7) is 1.47. The van der Waals surface area contributed by atoms with Crippen molar-refractivity contribution >= 4 is 15.7 Å². The summed E-state index contributed by atoms with van der Waals surface area (Å²) in [7, 11) is -3.58. The monoisotopic (exact) mass is 306 g/mol. The van der Waals surface area contributed by atoms with E-state index in [0.29, 0.717) is 18.3 Å². The molecule has 1 heterocycles. The zero-order chi connectivity index (χ0) is 14.7. The second-order valence-corrected chi connectivity index (χ2v) is 6.82. The van der Waals surface area contributed by atoms with Crippen LogP contribution in [0, 0.1) is 0 Å². The van der Waals surface area contributed by atoms with Gasteiger partial charge in [-0.15, -0.1) is 0 Å². The third-order valence-corrected chi connectivity index (χ3v) is 4.63. The molecule has 0 atom stereocenters. The van der Waals surface area contributed by atoms with Gasteiger partial charge in [-0.2, -0.15) is 5.10 Å². The molecule has 2 aromatic rings. The maximum absolute atomic E-state index is 12.2. The van der Waals surface area contributed by atoms with E-state index in [9.17, 15) is 8.42 Å². The lowest BCUT2D eigenvalue weighted by Crippen LogP contribution is -2.22. The van der Waals surface area contributed by atoms with Crippen molar-refractivity contribution in [2.45, 2.75) is 30.3 Å². The first-order valence-electron chi connectivity index (χ1n) is 6.97. The second-order valence-electron chi connectivity index (χ2n) is 5.14. The molecule has 21 heavy (non-hydrogen) atoms. The Kier molecular flexibility index (Phi) is 3.94. The minimum Gasteiger partial charge on any atom is -0.312 e. The topological polar surface area (TPSA) is 76.0 Å². The molecule has 0 bridgehead atoms. The first-order chi connectivity index (χ1) is 10.1. The fraction of sp³-hybridized carbons (Fsp3) is 0.357. The molecule has 1 aromatic heterocycles. The summed E-state index contributed by atoms with van der Waals surface area (Å²) in [4.78, 5) is 0.178. The summed E-state index contributed by atoms with van der Waals surface area (Å²) in [5, 5.41) is 7.47. The van der Waals surface area contributed by atoms with Crippen LogP contribution in [0.3, 0.4) is 0 Å². The average Bonchev–Trinajstić information content (AvgIpc) is 3.15. The molecular formula is C14H18N4O2S. The van der Waals surface area contributed by atoms with Crippen molar-refractivity contribution in [3.8, 4) is 0 Å². The van der Waals surface area contributed by atoms with Crippen molar-refractivity contribution in [1.82, 2.24) is 15.1 Å². The van der Waals surface area contributed by atoms with Crippen LogP contribution in [-0.4, -0.2) is 30.8 Å². The van der Waals surface area contributed by atoms with E-state index in [4.69, 9.17) is 0 Å². The molecule has 0 unspecified atom stereocenters. The van der Waals surface area contributed by atoms with E-state index in [1.165, 1.54) is 19.0 Å². The van der Waals surface area contributed by atoms with Crippen molar-refractivity contribution in [3.63, 3.8) is 0 Å². The van der Waals surface area contributed by atoms with Crippen LogP contribution in [0.4, 0.5) is 5.69 Å². The normalized spacial score (nSPS) is 15.0. The number of anilines is 1. The molecule has 1 aliphatic carbocycles. The molecule has 0 amide bonds. The van der Waals surface area contributed by atoms with Crippen LogP contribution in [0.2, 0.25) is 0 Å². The Morgan fingerprint density at radius 3 is 2.71 bits per heavy atom. The van der Waals surface area contributed by atoms with Gasteiger partial charge in [0.05, 0.1) is 12.7 Å².